The molecule has 0 fully saturated rings. The second-order valence-electron chi connectivity index (χ2n) is 6.96. The summed E-state index contributed by atoms with van der Waals surface area (Å²) < 4.78 is 0. The Morgan fingerprint density at radius 3 is 2.22 bits per heavy atom. The predicted octanol–water partition coefficient (Wildman–Crippen LogP) is 3.37. The van der Waals surface area contributed by atoms with Gasteiger partial charge in [0, 0.05) is 18.5 Å². The maximum absolute atomic E-state index is 11.9. The fraction of sp³-hybridized carbons (Fsp3) is 0.632. The molecule has 0 bridgehead atoms. The highest BCUT2D eigenvalue weighted by atomic mass is 16.3. The van der Waals surface area contributed by atoms with E-state index in [-0.39, 0.29) is 17.4 Å². The van der Waals surface area contributed by atoms with Gasteiger partial charge in [-0.2, -0.15) is 0 Å². The van der Waals surface area contributed by atoms with Crippen LogP contribution in [-0.4, -0.2) is 30.3 Å². The molecular weight excluding hydrogens is 288 g/mol. The lowest BCUT2D eigenvalue weighted by Crippen LogP contribution is -2.45. The molecule has 0 saturated heterocycles. The van der Waals surface area contributed by atoms with E-state index in [1.54, 1.807) is 0 Å². The van der Waals surface area contributed by atoms with Crippen LogP contribution < -0.4 is 10.6 Å². The van der Waals surface area contributed by atoms with Crippen molar-refractivity contribution < 1.29 is 9.90 Å². The van der Waals surface area contributed by atoms with Crippen LogP contribution in [-0.2, 0) is 5.41 Å². The van der Waals surface area contributed by atoms with Crippen molar-refractivity contribution in [2.24, 2.45) is 5.92 Å². The number of urea groups is 1. The Morgan fingerprint density at radius 2 is 1.70 bits per heavy atom. The molecule has 0 aliphatic carbocycles. The average molecular weight is 320 g/mol. The van der Waals surface area contributed by atoms with Gasteiger partial charge in [-0.15, -0.1) is 0 Å². The van der Waals surface area contributed by atoms with Gasteiger partial charge in [-0.1, -0.05) is 70.4 Å². The van der Waals surface area contributed by atoms with E-state index in [0.29, 0.717) is 13.1 Å². The number of hydrogen-bond acceptors (Lipinski definition) is 2. The molecule has 4 heteroatoms. The first-order valence-corrected chi connectivity index (χ1v) is 8.57. The molecule has 1 rings (SSSR count). The number of carbonyl (C=O) groups excluding carboxylic acids is 1. The van der Waals surface area contributed by atoms with Gasteiger partial charge in [-0.25, -0.2) is 4.79 Å². The molecule has 0 heterocycles. The molecule has 0 spiro atoms. The van der Waals surface area contributed by atoms with Crippen molar-refractivity contribution >= 4 is 6.03 Å². The number of aliphatic hydroxyl groups is 1. The molecule has 23 heavy (non-hydrogen) atoms. The van der Waals surface area contributed by atoms with Gasteiger partial charge in [0.2, 0.25) is 0 Å². The second-order valence-corrected chi connectivity index (χ2v) is 6.96. The van der Waals surface area contributed by atoms with E-state index in [4.69, 9.17) is 0 Å². The van der Waals surface area contributed by atoms with Crippen molar-refractivity contribution in [3.05, 3.63) is 35.4 Å². The van der Waals surface area contributed by atoms with E-state index < -0.39 is 6.10 Å². The van der Waals surface area contributed by atoms with E-state index in [9.17, 15) is 9.90 Å². The molecule has 0 aromatic heterocycles. The molecule has 0 aliphatic rings. The second kappa shape index (κ2) is 8.92. The van der Waals surface area contributed by atoms with Gasteiger partial charge in [0.1, 0.15) is 0 Å². The van der Waals surface area contributed by atoms with E-state index >= 15 is 0 Å². The highest BCUT2D eigenvalue weighted by Gasteiger charge is 2.22. The Morgan fingerprint density at radius 1 is 1.13 bits per heavy atom. The first-order valence-electron chi connectivity index (χ1n) is 8.57. The van der Waals surface area contributed by atoms with Gasteiger partial charge in [0.15, 0.2) is 0 Å². The fourth-order valence-electron chi connectivity index (χ4n) is 2.67. The lowest BCUT2D eigenvalue weighted by molar-refractivity contribution is 0.103. The minimum absolute atomic E-state index is 0.140. The molecule has 4 nitrogen and oxygen atoms in total. The minimum atomic E-state index is -0.485. The largest absolute Gasteiger partial charge is 0.391 e. The zero-order valence-electron chi connectivity index (χ0n) is 15.1. The van der Waals surface area contributed by atoms with Crippen LogP contribution in [0, 0.1) is 12.8 Å². The molecule has 0 radical (unpaired) electrons. The number of aliphatic hydroxyl groups excluding tert-OH is 1. The zero-order chi connectivity index (χ0) is 17.5. The van der Waals surface area contributed by atoms with Crippen molar-refractivity contribution in [2.45, 2.75) is 59.0 Å². The summed E-state index contributed by atoms with van der Waals surface area (Å²) in [6.07, 6.45) is 1.35. The van der Waals surface area contributed by atoms with Gasteiger partial charge in [0.05, 0.1) is 6.10 Å². The van der Waals surface area contributed by atoms with Crippen LogP contribution in [0.15, 0.2) is 24.3 Å². The standard InChI is InChI=1S/C19H32N2O2/c1-6-15(7-2)17(22)12-20-18(23)21-13-19(4,5)16-10-8-14(3)9-11-16/h8-11,15,17,22H,6-7,12-13H2,1-5H3,(H2,20,21,23). The first kappa shape index (κ1) is 19.5. The van der Waals surface area contributed by atoms with Gasteiger partial charge in [-0.3, -0.25) is 0 Å². The summed E-state index contributed by atoms with van der Waals surface area (Å²) in [5, 5.41) is 15.7. The summed E-state index contributed by atoms with van der Waals surface area (Å²) in [5.41, 5.74) is 2.28. The fourth-order valence-corrected chi connectivity index (χ4v) is 2.67. The third-order valence-electron chi connectivity index (χ3n) is 4.59. The minimum Gasteiger partial charge on any atom is -0.391 e. The molecule has 1 atom stereocenters. The number of aryl methyl sites for hydroxylation is 1. The normalized spacial score (nSPS) is 13.0. The Bertz CT molecular complexity index is 479. The van der Waals surface area contributed by atoms with Crippen LogP contribution in [0.3, 0.4) is 0 Å². The maximum atomic E-state index is 11.9. The predicted molar refractivity (Wildman–Crippen MR) is 95.7 cm³/mol. The molecule has 1 unspecified atom stereocenters. The number of carbonyl (C=O) groups is 1. The molecular formula is C19H32N2O2. The van der Waals surface area contributed by atoms with Crippen LogP contribution >= 0.6 is 0 Å². The van der Waals surface area contributed by atoms with Gasteiger partial charge in [-0.05, 0) is 18.4 Å². The molecule has 2 amide bonds. The van der Waals surface area contributed by atoms with Crippen LogP contribution in [0.5, 0.6) is 0 Å². The monoisotopic (exact) mass is 320 g/mol. The molecule has 130 valence electrons. The number of rotatable bonds is 8. The molecule has 1 aromatic carbocycles. The number of nitrogens with one attached hydrogen (secondary N) is 2. The third kappa shape index (κ3) is 6.22. The first-order chi connectivity index (χ1) is 10.8. The summed E-state index contributed by atoms with van der Waals surface area (Å²) in [6.45, 7) is 11.2. The number of benzene rings is 1. The topological polar surface area (TPSA) is 61.4 Å². The van der Waals surface area contributed by atoms with Gasteiger partial charge in [0.25, 0.3) is 0 Å². The summed E-state index contributed by atoms with van der Waals surface area (Å²) in [6, 6.07) is 8.15. The zero-order valence-corrected chi connectivity index (χ0v) is 15.1. The summed E-state index contributed by atoms with van der Waals surface area (Å²) >= 11 is 0. The van der Waals surface area contributed by atoms with Crippen molar-refractivity contribution in [3.8, 4) is 0 Å². The quantitative estimate of drug-likeness (QED) is 0.688. The Labute approximate surface area is 140 Å². The van der Waals surface area contributed by atoms with Crippen LogP contribution in [0.1, 0.15) is 51.7 Å². The SMILES string of the molecule is CCC(CC)C(O)CNC(=O)NCC(C)(C)c1ccc(C)cc1. The van der Waals surface area contributed by atoms with Crippen molar-refractivity contribution in [1.82, 2.24) is 10.6 Å². The van der Waals surface area contributed by atoms with Crippen molar-refractivity contribution in [3.63, 3.8) is 0 Å². The lowest BCUT2D eigenvalue weighted by atomic mass is 9.84. The van der Waals surface area contributed by atoms with E-state index in [1.807, 2.05) is 0 Å². The summed E-state index contributed by atoms with van der Waals surface area (Å²) in [7, 11) is 0. The third-order valence-corrected chi connectivity index (χ3v) is 4.59. The van der Waals surface area contributed by atoms with E-state index in [0.717, 1.165) is 12.8 Å². The van der Waals surface area contributed by atoms with Crippen LogP contribution in [0.4, 0.5) is 4.79 Å². The number of amides is 2. The Hall–Kier alpha value is -1.55. The Balaban J connectivity index is 2.44. The lowest BCUT2D eigenvalue weighted by Gasteiger charge is -2.26. The molecule has 0 saturated carbocycles. The summed E-state index contributed by atoms with van der Waals surface area (Å²) in [4.78, 5) is 11.9. The Kier molecular flexibility index (Phi) is 7.56. The summed E-state index contributed by atoms with van der Waals surface area (Å²) in [5.74, 6) is 0.235. The maximum Gasteiger partial charge on any atom is 0.314 e. The van der Waals surface area contributed by atoms with Gasteiger partial charge >= 0.3 is 6.03 Å². The average Bonchev–Trinajstić information content (AvgIpc) is 2.52. The highest BCUT2D eigenvalue weighted by Crippen LogP contribution is 2.22. The molecule has 0 aliphatic heterocycles. The van der Waals surface area contributed by atoms with Crippen molar-refractivity contribution in [1.29, 1.82) is 0 Å². The smallest absolute Gasteiger partial charge is 0.314 e. The molecule has 1 aromatic rings. The van der Waals surface area contributed by atoms with Crippen molar-refractivity contribution in [2.75, 3.05) is 13.1 Å². The highest BCUT2D eigenvalue weighted by molar-refractivity contribution is 5.74. The number of hydrogen-bond donors (Lipinski definition) is 3. The van der Waals surface area contributed by atoms with E-state index in [1.165, 1.54) is 11.1 Å². The van der Waals surface area contributed by atoms with E-state index in [2.05, 4.69) is 69.5 Å². The van der Waals surface area contributed by atoms with Crippen LogP contribution in [0.2, 0.25) is 0 Å². The van der Waals surface area contributed by atoms with Gasteiger partial charge < -0.3 is 15.7 Å². The molecule has 3 N–H and O–H groups in total. The van der Waals surface area contributed by atoms with Crippen LogP contribution in [0.25, 0.3) is 0 Å².